The molecule has 0 aliphatic rings. The van der Waals surface area contributed by atoms with Crippen LogP contribution in [-0.2, 0) is 4.74 Å². The minimum Gasteiger partial charge on any atom is -0.465 e. The van der Waals surface area contributed by atoms with Crippen molar-refractivity contribution >= 4 is 28.3 Å². The maximum atomic E-state index is 12.4. The standard InChI is InChI=1S/C20H17N3O2S/c1-12-7-4-5-8-16(12)23-19-18(13(2)22-23)14(20(24)25-3)11-15(21-19)17-9-6-10-26-17/h4-11H,1-3H3. The normalized spacial score (nSPS) is 11.0. The second-order valence-corrected chi connectivity index (χ2v) is 6.95. The molecule has 6 heteroatoms. The third-order valence-electron chi connectivity index (χ3n) is 4.34. The van der Waals surface area contributed by atoms with Gasteiger partial charge in [0.25, 0.3) is 0 Å². The van der Waals surface area contributed by atoms with Gasteiger partial charge in [0.05, 0.1) is 40.0 Å². The van der Waals surface area contributed by atoms with Gasteiger partial charge in [0.1, 0.15) is 0 Å². The lowest BCUT2D eigenvalue weighted by molar-refractivity contribution is 0.0603. The zero-order valence-corrected chi connectivity index (χ0v) is 15.5. The quantitative estimate of drug-likeness (QED) is 0.501. The van der Waals surface area contributed by atoms with E-state index in [9.17, 15) is 4.79 Å². The van der Waals surface area contributed by atoms with Gasteiger partial charge < -0.3 is 4.74 Å². The average molecular weight is 363 g/mol. The Labute approximate surface area is 154 Å². The lowest BCUT2D eigenvalue weighted by Gasteiger charge is -2.09. The van der Waals surface area contributed by atoms with Crippen molar-refractivity contribution in [3.05, 3.63) is 64.7 Å². The van der Waals surface area contributed by atoms with Crippen molar-refractivity contribution in [1.29, 1.82) is 0 Å². The molecule has 0 atom stereocenters. The molecule has 130 valence electrons. The molecule has 0 spiro atoms. The molecule has 1 aromatic carbocycles. The van der Waals surface area contributed by atoms with E-state index in [4.69, 9.17) is 9.72 Å². The fraction of sp³-hybridized carbons (Fsp3) is 0.150. The highest BCUT2D eigenvalue weighted by Crippen LogP contribution is 2.31. The first-order chi connectivity index (χ1) is 12.6. The van der Waals surface area contributed by atoms with Gasteiger partial charge in [-0.15, -0.1) is 11.3 Å². The Balaban J connectivity index is 2.08. The first-order valence-corrected chi connectivity index (χ1v) is 9.06. The molecule has 3 heterocycles. The van der Waals surface area contributed by atoms with Gasteiger partial charge in [-0.25, -0.2) is 14.5 Å². The molecule has 4 rings (SSSR count). The number of benzene rings is 1. The van der Waals surface area contributed by atoms with Gasteiger partial charge in [-0.1, -0.05) is 24.3 Å². The Kier molecular flexibility index (Phi) is 4.05. The maximum Gasteiger partial charge on any atom is 0.338 e. The summed E-state index contributed by atoms with van der Waals surface area (Å²) in [7, 11) is 1.39. The Hall–Kier alpha value is -2.99. The van der Waals surface area contributed by atoms with Crippen LogP contribution >= 0.6 is 11.3 Å². The molecular formula is C20H17N3O2S. The molecular weight excluding hydrogens is 346 g/mol. The molecule has 4 aromatic rings. The summed E-state index contributed by atoms with van der Waals surface area (Å²) in [5.74, 6) is -0.386. The third kappa shape index (κ3) is 2.59. The largest absolute Gasteiger partial charge is 0.465 e. The van der Waals surface area contributed by atoms with Crippen LogP contribution in [0.3, 0.4) is 0 Å². The fourth-order valence-electron chi connectivity index (χ4n) is 3.08. The van der Waals surface area contributed by atoms with Gasteiger partial charge in [-0.05, 0) is 43.0 Å². The first-order valence-electron chi connectivity index (χ1n) is 8.18. The zero-order valence-electron chi connectivity index (χ0n) is 14.7. The molecule has 0 aliphatic carbocycles. The summed E-state index contributed by atoms with van der Waals surface area (Å²) in [4.78, 5) is 18.3. The lowest BCUT2D eigenvalue weighted by Crippen LogP contribution is -2.05. The number of thiophene rings is 1. The van der Waals surface area contributed by atoms with Crippen molar-refractivity contribution < 1.29 is 9.53 Å². The predicted molar refractivity (Wildman–Crippen MR) is 103 cm³/mol. The third-order valence-corrected chi connectivity index (χ3v) is 5.23. The number of pyridine rings is 1. The molecule has 0 unspecified atom stereocenters. The molecule has 3 aromatic heterocycles. The summed E-state index contributed by atoms with van der Waals surface area (Å²) in [6.07, 6.45) is 0. The van der Waals surface area contributed by atoms with Crippen LogP contribution in [0.4, 0.5) is 0 Å². The van der Waals surface area contributed by atoms with Gasteiger partial charge in [-0.2, -0.15) is 5.10 Å². The van der Waals surface area contributed by atoms with Gasteiger partial charge >= 0.3 is 5.97 Å². The van der Waals surface area contributed by atoms with Crippen LogP contribution in [0.25, 0.3) is 27.3 Å². The summed E-state index contributed by atoms with van der Waals surface area (Å²) in [6.45, 7) is 3.92. The number of carbonyl (C=O) groups is 1. The second kappa shape index (κ2) is 6.38. The summed E-state index contributed by atoms with van der Waals surface area (Å²) in [6, 6.07) is 13.7. The molecule has 0 amide bonds. The Morgan fingerprint density at radius 2 is 1.96 bits per heavy atom. The van der Waals surface area contributed by atoms with Crippen molar-refractivity contribution in [3.63, 3.8) is 0 Å². The van der Waals surface area contributed by atoms with Gasteiger partial charge in [0.2, 0.25) is 0 Å². The number of hydrogen-bond donors (Lipinski definition) is 0. The van der Waals surface area contributed by atoms with Crippen LogP contribution in [0.2, 0.25) is 0 Å². The average Bonchev–Trinajstić information content (AvgIpc) is 3.29. The number of aromatic nitrogens is 3. The van der Waals surface area contributed by atoms with Crippen molar-refractivity contribution in [3.8, 4) is 16.3 Å². The lowest BCUT2D eigenvalue weighted by atomic mass is 10.1. The molecule has 0 saturated heterocycles. The number of carbonyl (C=O) groups excluding carboxylic acids is 1. The number of nitrogens with zero attached hydrogens (tertiary/aromatic N) is 3. The van der Waals surface area contributed by atoms with Crippen LogP contribution in [0.1, 0.15) is 21.6 Å². The van der Waals surface area contributed by atoms with Gasteiger partial charge in [-0.3, -0.25) is 0 Å². The number of ether oxygens (including phenoxy) is 1. The monoisotopic (exact) mass is 363 g/mol. The van der Waals surface area contributed by atoms with Crippen LogP contribution < -0.4 is 0 Å². The number of aryl methyl sites for hydroxylation is 2. The molecule has 0 aliphatic heterocycles. The number of para-hydroxylation sites is 1. The van der Waals surface area contributed by atoms with Crippen molar-refractivity contribution in [2.75, 3.05) is 7.11 Å². The van der Waals surface area contributed by atoms with E-state index in [-0.39, 0.29) is 5.97 Å². The molecule has 5 nitrogen and oxygen atoms in total. The highest BCUT2D eigenvalue weighted by atomic mass is 32.1. The number of esters is 1. The van der Waals surface area contributed by atoms with Crippen molar-refractivity contribution in [2.24, 2.45) is 0 Å². The smallest absolute Gasteiger partial charge is 0.338 e. The van der Waals surface area contributed by atoms with E-state index in [1.54, 1.807) is 17.4 Å². The SMILES string of the molecule is COC(=O)c1cc(-c2cccs2)nc2c1c(C)nn2-c1ccccc1C. The molecule has 0 bridgehead atoms. The highest BCUT2D eigenvalue weighted by molar-refractivity contribution is 7.13. The van der Waals surface area contributed by atoms with E-state index in [1.807, 2.05) is 60.3 Å². The van der Waals surface area contributed by atoms with E-state index >= 15 is 0 Å². The Bertz CT molecular complexity index is 1110. The Morgan fingerprint density at radius 3 is 2.65 bits per heavy atom. The number of rotatable bonds is 3. The molecule has 0 fully saturated rings. The molecule has 0 radical (unpaired) electrons. The summed E-state index contributed by atoms with van der Waals surface area (Å²) in [5.41, 5.74) is 4.65. The van der Waals surface area contributed by atoms with Crippen molar-refractivity contribution in [2.45, 2.75) is 13.8 Å². The molecule has 26 heavy (non-hydrogen) atoms. The Morgan fingerprint density at radius 1 is 1.15 bits per heavy atom. The van der Waals surface area contributed by atoms with E-state index in [0.717, 1.165) is 32.9 Å². The topological polar surface area (TPSA) is 57.0 Å². The van der Waals surface area contributed by atoms with Gasteiger partial charge in [0.15, 0.2) is 5.65 Å². The van der Waals surface area contributed by atoms with E-state index in [0.29, 0.717) is 11.2 Å². The second-order valence-electron chi connectivity index (χ2n) is 6.01. The van der Waals surface area contributed by atoms with Crippen LogP contribution in [0.5, 0.6) is 0 Å². The highest BCUT2D eigenvalue weighted by Gasteiger charge is 2.21. The fourth-order valence-corrected chi connectivity index (χ4v) is 3.77. The first kappa shape index (κ1) is 16.5. The summed E-state index contributed by atoms with van der Waals surface area (Å²) in [5, 5.41) is 7.38. The van der Waals surface area contributed by atoms with Crippen LogP contribution in [-0.4, -0.2) is 27.8 Å². The maximum absolute atomic E-state index is 12.4. The minimum atomic E-state index is -0.386. The van der Waals surface area contributed by atoms with E-state index in [1.165, 1.54) is 7.11 Å². The van der Waals surface area contributed by atoms with E-state index in [2.05, 4.69) is 5.10 Å². The summed E-state index contributed by atoms with van der Waals surface area (Å²) < 4.78 is 6.82. The number of fused-ring (bicyclic) bond motifs is 1. The van der Waals surface area contributed by atoms with Gasteiger partial charge in [0, 0.05) is 0 Å². The molecule has 0 saturated carbocycles. The van der Waals surface area contributed by atoms with Crippen LogP contribution in [0, 0.1) is 13.8 Å². The minimum absolute atomic E-state index is 0.386. The predicted octanol–water partition coefficient (Wildman–Crippen LogP) is 4.55. The van der Waals surface area contributed by atoms with E-state index < -0.39 is 0 Å². The summed E-state index contributed by atoms with van der Waals surface area (Å²) >= 11 is 1.58. The number of hydrogen-bond acceptors (Lipinski definition) is 5. The van der Waals surface area contributed by atoms with Crippen molar-refractivity contribution in [1.82, 2.24) is 14.8 Å². The zero-order chi connectivity index (χ0) is 18.3. The number of methoxy groups -OCH3 is 1. The van der Waals surface area contributed by atoms with Crippen LogP contribution in [0.15, 0.2) is 47.8 Å². The molecule has 0 N–H and O–H groups in total.